The maximum Gasteiger partial charge on any atom is 0.416 e. The van der Waals surface area contributed by atoms with Crippen molar-refractivity contribution in [2.24, 2.45) is 17.2 Å². The van der Waals surface area contributed by atoms with Gasteiger partial charge in [0, 0.05) is 11.8 Å². The summed E-state index contributed by atoms with van der Waals surface area (Å²) in [6.07, 6.45) is -3.67. The van der Waals surface area contributed by atoms with Gasteiger partial charge in [0.05, 0.1) is 48.8 Å². The van der Waals surface area contributed by atoms with Crippen molar-refractivity contribution in [2.45, 2.75) is 31.1 Å². The maximum atomic E-state index is 13.2. The summed E-state index contributed by atoms with van der Waals surface area (Å²) in [5, 5.41) is 7.12. The minimum absolute atomic E-state index is 0.0668. The Balaban J connectivity index is 1.76. The summed E-state index contributed by atoms with van der Waals surface area (Å²) >= 11 is 0. The largest absolute Gasteiger partial charge is 0.416 e. The summed E-state index contributed by atoms with van der Waals surface area (Å²) in [6.45, 7) is -0.134. The SMILES string of the molecule is NCN(CN)NC(=O)C[C@H](N)C(=O)N[C@@H](Cc1ccc(C(F)(F)F)cc1)C(=O)Nc1cnc2ccccc2c1. The van der Waals surface area contributed by atoms with E-state index in [4.69, 9.17) is 17.2 Å². The van der Waals surface area contributed by atoms with E-state index in [1.165, 1.54) is 23.3 Å². The summed E-state index contributed by atoms with van der Waals surface area (Å²) in [5.41, 5.74) is 19.7. The number of nitrogens with two attached hydrogens (primary N) is 3. The van der Waals surface area contributed by atoms with E-state index in [9.17, 15) is 27.6 Å². The van der Waals surface area contributed by atoms with Crippen LogP contribution in [0, 0.1) is 0 Å². The summed E-state index contributed by atoms with van der Waals surface area (Å²) in [6, 6.07) is 10.5. The number of hydrogen-bond donors (Lipinski definition) is 6. The third kappa shape index (κ3) is 8.44. The molecule has 9 N–H and O–H groups in total. The van der Waals surface area contributed by atoms with Crippen LogP contribution in [0.15, 0.2) is 60.8 Å². The van der Waals surface area contributed by atoms with Gasteiger partial charge in [0.1, 0.15) is 6.04 Å². The summed E-state index contributed by atoms with van der Waals surface area (Å²) in [4.78, 5) is 42.4. The van der Waals surface area contributed by atoms with E-state index in [0.29, 0.717) is 16.8 Å². The molecule has 3 amide bonds. The zero-order valence-electron chi connectivity index (χ0n) is 20.7. The number of hydrazine groups is 1. The molecule has 2 aromatic carbocycles. The lowest BCUT2D eigenvalue weighted by molar-refractivity contribution is -0.137. The average Bonchev–Trinajstić information content (AvgIpc) is 2.90. The van der Waals surface area contributed by atoms with Crippen LogP contribution >= 0.6 is 0 Å². The fourth-order valence-corrected chi connectivity index (χ4v) is 3.60. The first-order valence-electron chi connectivity index (χ1n) is 11.8. The molecule has 3 rings (SSSR count). The molecule has 2 atom stereocenters. The molecule has 0 aliphatic rings. The van der Waals surface area contributed by atoms with Gasteiger partial charge >= 0.3 is 6.18 Å². The van der Waals surface area contributed by atoms with E-state index < -0.39 is 48.0 Å². The van der Waals surface area contributed by atoms with Crippen LogP contribution in [0.2, 0.25) is 0 Å². The molecule has 11 nitrogen and oxygen atoms in total. The van der Waals surface area contributed by atoms with Gasteiger partial charge in [-0.1, -0.05) is 30.3 Å². The second-order valence-electron chi connectivity index (χ2n) is 8.62. The number of amides is 3. The number of pyridine rings is 1. The second-order valence-corrected chi connectivity index (χ2v) is 8.62. The number of aromatic nitrogens is 1. The van der Waals surface area contributed by atoms with Crippen LogP contribution in [0.1, 0.15) is 17.5 Å². The van der Waals surface area contributed by atoms with Gasteiger partial charge in [-0.25, -0.2) is 0 Å². The van der Waals surface area contributed by atoms with Crippen LogP contribution in [0.25, 0.3) is 10.9 Å². The number of fused-ring (bicyclic) bond motifs is 1. The molecule has 0 spiro atoms. The summed E-state index contributed by atoms with van der Waals surface area (Å²) < 4.78 is 38.9. The fourth-order valence-electron chi connectivity index (χ4n) is 3.60. The lowest BCUT2D eigenvalue weighted by Crippen LogP contribution is -2.53. The third-order valence-electron chi connectivity index (χ3n) is 5.68. The topological polar surface area (TPSA) is 181 Å². The van der Waals surface area contributed by atoms with Crippen molar-refractivity contribution in [2.75, 3.05) is 18.7 Å². The number of carbonyl (C=O) groups is 3. The van der Waals surface area contributed by atoms with Gasteiger partial charge < -0.3 is 27.8 Å². The highest BCUT2D eigenvalue weighted by atomic mass is 19.4. The summed E-state index contributed by atoms with van der Waals surface area (Å²) in [5.74, 6) is -2.10. The average molecular weight is 547 g/mol. The molecule has 39 heavy (non-hydrogen) atoms. The normalized spacial score (nSPS) is 13.1. The number of hydrogen-bond acceptors (Lipinski definition) is 8. The van der Waals surface area contributed by atoms with E-state index in [0.717, 1.165) is 17.5 Å². The van der Waals surface area contributed by atoms with Gasteiger partial charge in [0.2, 0.25) is 17.7 Å². The Labute approximate surface area is 221 Å². The number of para-hydroxylation sites is 1. The van der Waals surface area contributed by atoms with Crippen LogP contribution in [0.4, 0.5) is 18.9 Å². The van der Waals surface area contributed by atoms with E-state index in [-0.39, 0.29) is 19.8 Å². The van der Waals surface area contributed by atoms with E-state index in [1.807, 2.05) is 6.07 Å². The van der Waals surface area contributed by atoms with Crippen LogP contribution < -0.4 is 33.3 Å². The number of halogens is 3. The zero-order chi connectivity index (χ0) is 28.6. The van der Waals surface area contributed by atoms with Gasteiger partial charge in [0.15, 0.2) is 0 Å². The van der Waals surface area contributed by atoms with Crippen molar-refractivity contribution < 1.29 is 27.6 Å². The lowest BCUT2D eigenvalue weighted by Gasteiger charge is -2.22. The van der Waals surface area contributed by atoms with Crippen LogP contribution in [0.5, 0.6) is 0 Å². The molecular formula is C25H29F3N8O3. The van der Waals surface area contributed by atoms with Crippen molar-refractivity contribution in [3.05, 3.63) is 71.9 Å². The Morgan fingerprint density at radius 1 is 0.974 bits per heavy atom. The quantitative estimate of drug-likeness (QED) is 0.151. The van der Waals surface area contributed by atoms with Gasteiger partial charge in [-0.05, 0) is 29.8 Å². The van der Waals surface area contributed by atoms with Gasteiger partial charge in [-0.15, -0.1) is 0 Å². The predicted octanol–water partition coefficient (Wildman–Crippen LogP) is 0.803. The first kappa shape index (κ1) is 29.4. The number of anilines is 1. The molecule has 3 aromatic rings. The molecule has 0 fully saturated rings. The Hall–Kier alpha value is -4.11. The Kier molecular flexibility index (Phi) is 9.89. The highest BCUT2D eigenvalue weighted by Crippen LogP contribution is 2.29. The monoisotopic (exact) mass is 546 g/mol. The maximum absolute atomic E-state index is 13.2. The third-order valence-corrected chi connectivity index (χ3v) is 5.68. The highest BCUT2D eigenvalue weighted by Gasteiger charge is 2.31. The van der Waals surface area contributed by atoms with E-state index in [1.54, 1.807) is 24.3 Å². The van der Waals surface area contributed by atoms with Crippen molar-refractivity contribution in [3.8, 4) is 0 Å². The molecule has 1 aromatic heterocycles. The highest BCUT2D eigenvalue weighted by molar-refractivity contribution is 5.99. The van der Waals surface area contributed by atoms with Crippen molar-refractivity contribution in [1.29, 1.82) is 0 Å². The molecule has 0 unspecified atom stereocenters. The number of nitrogens with one attached hydrogen (secondary N) is 3. The van der Waals surface area contributed by atoms with Gasteiger partial charge in [0.25, 0.3) is 0 Å². The molecule has 0 aliphatic carbocycles. The number of nitrogens with zero attached hydrogens (tertiary/aromatic N) is 2. The molecule has 0 aliphatic heterocycles. The predicted molar refractivity (Wildman–Crippen MR) is 138 cm³/mol. The molecule has 208 valence electrons. The van der Waals surface area contributed by atoms with Crippen LogP contribution in [0.3, 0.4) is 0 Å². The Bertz CT molecular complexity index is 1300. The number of rotatable bonds is 11. The van der Waals surface area contributed by atoms with Gasteiger partial charge in [-0.3, -0.25) is 24.8 Å². The van der Waals surface area contributed by atoms with E-state index >= 15 is 0 Å². The minimum atomic E-state index is -4.52. The molecule has 1 heterocycles. The minimum Gasteiger partial charge on any atom is -0.343 e. The Morgan fingerprint density at radius 3 is 2.28 bits per heavy atom. The first-order chi connectivity index (χ1) is 18.5. The molecule has 0 bridgehead atoms. The van der Waals surface area contributed by atoms with Gasteiger partial charge in [-0.2, -0.15) is 18.2 Å². The van der Waals surface area contributed by atoms with Crippen molar-refractivity contribution in [1.82, 2.24) is 20.7 Å². The van der Waals surface area contributed by atoms with Crippen molar-refractivity contribution >= 4 is 34.3 Å². The van der Waals surface area contributed by atoms with E-state index in [2.05, 4.69) is 21.0 Å². The number of benzene rings is 2. The lowest BCUT2D eigenvalue weighted by atomic mass is 10.0. The number of alkyl halides is 3. The number of carbonyl (C=O) groups excluding carboxylic acids is 3. The second kappa shape index (κ2) is 13.1. The zero-order valence-corrected chi connectivity index (χ0v) is 20.7. The molecule has 0 radical (unpaired) electrons. The molecule has 0 saturated heterocycles. The molecule has 0 saturated carbocycles. The standard InChI is InChI=1S/C25H29F3N8O3/c26-25(27,28)17-7-5-15(6-8-17)9-21(34-23(38)19(31)11-22(37)35-36(13-29)14-30)24(39)33-18-10-16-3-1-2-4-20(16)32-12-18/h1-8,10,12,19,21H,9,11,13-14,29-31H2,(H,33,39)(H,34,38)(H,35,37)/t19-,21-/m0/s1. The summed E-state index contributed by atoms with van der Waals surface area (Å²) in [7, 11) is 0. The van der Waals surface area contributed by atoms with Crippen LogP contribution in [-0.4, -0.2) is 53.1 Å². The first-order valence-corrected chi connectivity index (χ1v) is 11.8. The van der Waals surface area contributed by atoms with Crippen molar-refractivity contribution in [3.63, 3.8) is 0 Å². The van der Waals surface area contributed by atoms with Crippen LogP contribution in [-0.2, 0) is 27.0 Å². The molecule has 14 heteroatoms. The fraction of sp³-hybridized carbons (Fsp3) is 0.280. The molecular weight excluding hydrogens is 517 g/mol. The smallest absolute Gasteiger partial charge is 0.343 e. The Morgan fingerprint density at radius 2 is 1.64 bits per heavy atom.